The van der Waals surface area contributed by atoms with Crippen molar-refractivity contribution in [2.24, 2.45) is 0 Å². The number of carbonyl (C=O) groups excluding carboxylic acids is 1. The van der Waals surface area contributed by atoms with E-state index in [1.807, 2.05) is 24.3 Å². The molecule has 1 aliphatic carbocycles. The van der Waals surface area contributed by atoms with Crippen LogP contribution in [0.5, 0.6) is 5.75 Å². The van der Waals surface area contributed by atoms with Crippen LogP contribution in [0.1, 0.15) is 39.0 Å². The molecular formula is C18H22N6O2S. The molecule has 1 heterocycles. The molecule has 0 bridgehead atoms. The summed E-state index contributed by atoms with van der Waals surface area (Å²) in [5.41, 5.74) is 0.0307. The number of thioether (sulfide) groups is 1. The van der Waals surface area contributed by atoms with Crippen molar-refractivity contribution < 1.29 is 9.53 Å². The second-order valence-corrected chi connectivity index (χ2v) is 7.88. The van der Waals surface area contributed by atoms with Crippen LogP contribution in [0.15, 0.2) is 29.4 Å². The van der Waals surface area contributed by atoms with Crippen molar-refractivity contribution in [3.63, 3.8) is 0 Å². The Morgan fingerprint density at radius 2 is 2.04 bits per heavy atom. The van der Waals surface area contributed by atoms with Crippen LogP contribution < -0.4 is 10.1 Å². The quantitative estimate of drug-likeness (QED) is 0.760. The van der Waals surface area contributed by atoms with E-state index in [4.69, 9.17) is 4.74 Å². The summed E-state index contributed by atoms with van der Waals surface area (Å²) >= 11 is 1.26. The standard InChI is InChI=1S/C18H22N6O2S/c1-13(16(25)20-18(12-19)10-4-3-5-11-18)27-17-21-22-23-24(17)14-6-8-15(26-2)9-7-14/h6-9,13H,3-5,10-11H2,1-2H3,(H,20,25)/t13-/m0/s1. The molecule has 0 aliphatic heterocycles. The van der Waals surface area contributed by atoms with Gasteiger partial charge in [-0.25, -0.2) is 0 Å². The lowest BCUT2D eigenvalue weighted by Gasteiger charge is -2.32. The molecule has 27 heavy (non-hydrogen) atoms. The number of methoxy groups -OCH3 is 1. The van der Waals surface area contributed by atoms with Crippen molar-refractivity contribution in [3.8, 4) is 17.5 Å². The summed E-state index contributed by atoms with van der Waals surface area (Å²) in [4.78, 5) is 12.7. The molecule has 0 spiro atoms. The summed E-state index contributed by atoms with van der Waals surface area (Å²) in [6, 6.07) is 9.64. The lowest BCUT2D eigenvalue weighted by Crippen LogP contribution is -2.50. The fourth-order valence-electron chi connectivity index (χ4n) is 3.11. The van der Waals surface area contributed by atoms with E-state index in [0.717, 1.165) is 30.7 Å². The highest BCUT2D eigenvalue weighted by atomic mass is 32.2. The molecule has 142 valence electrons. The minimum absolute atomic E-state index is 0.173. The van der Waals surface area contributed by atoms with Crippen molar-refractivity contribution in [2.45, 2.75) is 55.0 Å². The van der Waals surface area contributed by atoms with Gasteiger partial charge in [-0.2, -0.15) is 9.94 Å². The van der Waals surface area contributed by atoms with Gasteiger partial charge in [-0.15, -0.1) is 5.10 Å². The van der Waals surface area contributed by atoms with Crippen LogP contribution in [-0.4, -0.2) is 44.0 Å². The zero-order chi connectivity index (χ0) is 19.3. The minimum Gasteiger partial charge on any atom is -0.497 e. The maximum Gasteiger partial charge on any atom is 0.234 e. The first kappa shape index (κ1) is 19.2. The fourth-order valence-corrected chi connectivity index (χ4v) is 3.91. The van der Waals surface area contributed by atoms with Crippen LogP contribution in [-0.2, 0) is 4.79 Å². The highest BCUT2D eigenvalue weighted by molar-refractivity contribution is 8.00. The van der Waals surface area contributed by atoms with Gasteiger partial charge in [0.2, 0.25) is 11.1 Å². The average molecular weight is 386 g/mol. The molecule has 1 fully saturated rings. The van der Waals surface area contributed by atoms with E-state index in [0.29, 0.717) is 18.0 Å². The first-order valence-electron chi connectivity index (χ1n) is 8.90. The molecule has 1 aromatic heterocycles. The minimum atomic E-state index is -0.744. The summed E-state index contributed by atoms with van der Waals surface area (Å²) in [6.07, 6.45) is 4.45. The van der Waals surface area contributed by atoms with E-state index in [1.165, 1.54) is 11.8 Å². The number of tetrazole rings is 1. The van der Waals surface area contributed by atoms with Crippen molar-refractivity contribution in [3.05, 3.63) is 24.3 Å². The van der Waals surface area contributed by atoms with Crippen molar-refractivity contribution in [1.82, 2.24) is 25.5 Å². The molecule has 0 unspecified atom stereocenters. The normalized spacial score (nSPS) is 16.9. The average Bonchev–Trinajstić information content (AvgIpc) is 3.16. The molecule has 8 nitrogen and oxygen atoms in total. The van der Waals surface area contributed by atoms with Gasteiger partial charge in [0.1, 0.15) is 11.3 Å². The number of nitrogens with zero attached hydrogens (tertiary/aromatic N) is 5. The van der Waals surface area contributed by atoms with E-state index in [9.17, 15) is 10.1 Å². The van der Waals surface area contributed by atoms with Gasteiger partial charge in [0.25, 0.3) is 0 Å². The smallest absolute Gasteiger partial charge is 0.234 e. The molecule has 1 saturated carbocycles. The van der Waals surface area contributed by atoms with Crippen LogP contribution in [0.2, 0.25) is 0 Å². The SMILES string of the molecule is COc1ccc(-n2nnnc2S[C@@H](C)C(=O)NC2(C#N)CCCCC2)cc1. The molecule has 1 aliphatic rings. The maximum atomic E-state index is 12.7. The third kappa shape index (κ3) is 4.39. The number of benzene rings is 1. The van der Waals surface area contributed by atoms with Crippen LogP contribution in [0.4, 0.5) is 0 Å². The molecular weight excluding hydrogens is 364 g/mol. The molecule has 9 heteroatoms. The van der Waals surface area contributed by atoms with Gasteiger partial charge in [-0.3, -0.25) is 4.79 Å². The summed E-state index contributed by atoms with van der Waals surface area (Å²) in [7, 11) is 1.61. The van der Waals surface area contributed by atoms with Crippen molar-refractivity contribution >= 4 is 17.7 Å². The Hall–Kier alpha value is -2.60. The number of nitriles is 1. The molecule has 1 atom stereocenters. The number of hydrogen-bond acceptors (Lipinski definition) is 7. The maximum absolute atomic E-state index is 12.7. The molecule has 0 radical (unpaired) electrons. The summed E-state index contributed by atoms with van der Waals surface area (Å²) < 4.78 is 6.74. The molecule has 0 saturated heterocycles. The molecule has 3 rings (SSSR count). The van der Waals surface area contributed by atoms with E-state index < -0.39 is 10.8 Å². The van der Waals surface area contributed by atoms with Crippen LogP contribution in [0.25, 0.3) is 5.69 Å². The van der Waals surface area contributed by atoms with Crippen LogP contribution >= 0.6 is 11.8 Å². The van der Waals surface area contributed by atoms with E-state index >= 15 is 0 Å². The third-order valence-corrected chi connectivity index (χ3v) is 5.73. The Balaban J connectivity index is 1.69. The second-order valence-electron chi connectivity index (χ2n) is 6.58. The van der Waals surface area contributed by atoms with E-state index in [2.05, 4.69) is 26.9 Å². The molecule has 1 N–H and O–H groups in total. The number of hydrogen-bond donors (Lipinski definition) is 1. The monoisotopic (exact) mass is 386 g/mol. The predicted octanol–water partition coefficient (Wildman–Crippen LogP) is 2.49. The summed E-state index contributed by atoms with van der Waals surface area (Å²) in [5.74, 6) is 0.566. The molecule has 1 amide bonds. The van der Waals surface area contributed by atoms with E-state index in [-0.39, 0.29) is 5.91 Å². The summed E-state index contributed by atoms with van der Waals surface area (Å²) in [5, 5.41) is 24.3. The Bertz CT molecular complexity index is 823. The Kier molecular flexibility index (Phi) is 5.96. The van der Waals surface area contributed by atoms with Crippen LogP contribution in [0.3, 0.4) is 0 Å². The number of aromatic nitrogens is 4. The molecule has 1 aromatic carbocycles. The Morgan fingerprint density at radius 1 is 1.33 bits per heavy atom. The first-order chi connectivity index (χ1) is 13.1. The number of carbonyl (C=O) groups is 1. The first-order valence-corrected chi connectivity index (χ1v) is 9.77. The highest BCUT2D eigenvalue weighted by Crippen LogP contribution is 2.29. The van der Waals surface area contributed by atoms with Crippen molar-refractivity contribution in [1.29, 1.82) is 5.26 Å². The van der Waals surface area contributed by atoms with Gasteiger partial charge in [-0.1, -0.05) is 31.0 Å². The van der Waals surface area contributed by atoms with Gasteiger partial charge < -0.3 is 10.1 Å². The lowest BCUT2D eigenvalue weighted by molar-refractivity contribution is -0.121. The number of rotatable bonds is 6. The van der Waals surface area contributed by atoms with Crippen LogP contribution in [0, 0.1) is 11.3 Å². The Morgan fingerprint density at radius 3 is 2.67 bits per heavy atom. The lowest BCUT2D eigenvalue weighted by atomic mass is 9.83. The fraction of sp³-hybridized carbons (Fsp3) is 0.500. The van der Waals surface area contributed by atoms with Gasteiger partial charge >= 0.3 is 0 Å². The predicted molar refractivity (Wildman–Crippen MR) is 101 cm³/mol. The number of amides is 1. The number of nitrogens with one attached hydrogen (secondary N) is 1. The summed E-state index contributed by atoms with van der Waals surface area (Å²) in [6.45, 7) is 1.79. The third-order valence-electron chi connectivity index (χ3n) is 4.69. The second kappa shape index (κ2) is 8.39. The zero-order valence-electron chi connectivity index (χ0n) is 15.4. The zero-order valence-corrected chi connectivity index (χ0v) is 16.2. The van der Waals surface area contributed by atoms with Gasteiger partial charge in [0, 0.05) is 0 Å². The van der Waals surface area contributed by atoms with Crippen molar-refractivity contribution in [2.75, 3.05) is 7.11 Å². The van der Waals surface area contributed by atoms with Gasteiger partial charge in [0.15, 0.2) is 0 Å². The van der Waals surface area contributed by atoms with E-state index in [1.54, 1.807) is 18.7 Å². The largest absolute Gasteiger partial charge is 0.497 e. The number of ether oxygens (including phenoxy) is 1. The highest BCUT2D eigenvalue weighted by Gasteiger charge is 2.35. The van der Waals surface area contributed by atoms with Gasteiger partial charge in [-0.05, 0) is 54.5 Å². The Labute approximate surface area is 162 Å². The molecule has 2 aromatic rings. The topological polar surface area (TPSA) is 106 Å². The van der Waals surface area contributed by atoms with Gasteiger partial charge in [0.05, 0.1) is 24.1 Å².